The third-order valence-electron chi connectivity index (χ3n) is 4.16. The number of aromatic nitrogens is 5. The molecule has 0 radical (unpaired) electrons. The Morgan fingerprint density at radius 3 is 2.60 bits per heavy atom. The van der Waals surface area contributed by atoms with Gasteiger partial charge in [0, 0.05) is 59.1 Å². The average Bonchev–Trinajstić information content (AvgIpc) is 3.19. The summed E-state index contributed by atoms with van der Waals surface area (Å²) in [4.78, 5) is 12.0. The van der Waals surface area contributed by atoms with Crippen LogP contribution in [0.5, 0.6) is 0 Å². The number of anilines is 2. The Labute approximate surface area is 145 Å². The number of aromatic amines is 1. The summed E-state index contributed by atoms with van der Waals surface area (Å²) in [6.07, 6.45) is 5.45. The number of rotatable bonds is 4. The average molecular weight is 332 g/mol. The maximum atomic E-state index is 4.59. The highest BCUT2D eigenvalue weighted by atomic mass is 15.3. The third kappa shape index (κ3) is 2.98. The van der Waals surface area contributed by atoms with Crippen LogP contribution in [0.15, 0.2) is 48.9 Å². The standard InChI is InChI=1S/C19H20N6/c1-12(2)25-13(3)8-19(24-25)23-18-10-17-15(11-21-18)9-16(22-17)14-4-6-20-7-5-14/h4-12,22H,1-3H3,(H,21,23,24). The highest BCUT2D eigenvalue weighted by Crippen LogP contribution is 2.25. The molecule has 126 valence electrons. The van der Waals surface area contributed by atoms with E-state index in [-0.39, 0.29) is 0 Å². The number of aryl methyl sites for hydroxylation is 1. The molecule has 4 aromatic heterocycles. The summed E-state index contributed by atoms with van der Waals surface area (Å²) in [5.41, 5.74) is 4.31. The van der Waals surface area contributed by atoms with Crippen LogP contribution in [0.2, 0.25) is 0 Å². The van der Waals surface area contributed by atoms with Crippen LogP contribution in [0.3, 0.4) is 0 Å². The second-order valence-corrected chi connectivity index (χ2v) is 6.41. The molecule has 0 aromatic carbocycles. The molecule has 6 nitrogen and oxygen atoms in total. The van der Waals surface area contributed by atoms with Crippen molar-refractivity contribution in [1.82, 2.24) is 24.7 Å². The molecular weight excluding hydrogens is 312 g/mol. The Bertz CT molecular complexity index is 1010. The molecule has 0 saturated carbocycles. The fourth-order valence-corrected chi connectivity index (χ4v) is 2.98. The van der Waals surface area contributed by atoms with Gasteiger partial charge in [0.25, 0.3) is 0 Å². The van der Waals surface area contributed by atoms with E-state index in [1.165, 1.54) is 0 Å². The van der Waals surface area contributed by atoms with Crippen molar-refractivity contribution in [3.05, 3.63) is 54.6 Å². The van der Waals surface area contributed by atoms with Crippen molar-refractivity contribution in [2.24, 2.45) is 0 Å². The summed E-state index contributed by atoms with van der Waals surface area (Å²) in [5, 5.41) is 8.94. The van der Waals surface area contributed by atoms with Gasteiger partial charge in [0.05, 0.1) is 5.52 Å². The molecule has 6 heteroatoms. The Morgan fingerprint density at radius 2 is 1.88 bits per heavy atom. The van der Waals surface area contributed by atoms with Crippen LogP contribution in [0, 0.1) is 6.92 Å². The lowest BCUT2D eigenvalue weighted by Crippen LogP contribution is -2.05. The monoisotopic (exact) mass is 332 g/mol. The van der Waals surface area contributed by atoms with Crippen molar-refractivity contribution in [3.63, 3.8) is 0 Å². The molecule has 0 aliphatic carbocycles. The van der Waals surface area contributed by atoms with E-state index in [1.54, 1.807) is 12.4 Å². The lowest BCUT2D eigenvalue weighted by Gasteiger charge is -2.07. The van der Waals surface area contributed by atoms with Gasteiger partial charge in [-0.1, -0.05) is 0 Å². The highest BCUT2D eigenvalue weighted by molar-refractivity contribution is 5.87. The van der Waals surface area contributed by atoms with Crippen LogP contribution in [0.4, 0.5) is 11.6 Å². The Balaban J connectivity index is 1.64. The Morgan fingerprint density at radius 1 is 1.08 bits per heavy atom. The van der Waals surface area contributed by atoms with Crippen LogP contribution in [-0.4, -0.2) is 24.7 Å². The Hall–Kier alpha value is -3.15. The number of pyridine rings is 2. The second kappa shape index (κ2) is 6.05. The summed E-state index contributed by atoms with van der Waals surface area (Å²) in [6.45, 7) is 6.29. The van der Waals surface area contributed by atoms with E-state index in [2.05, 4.69) is 52.2 Å². The number of hydrogen-bond donors (Lipinski definition) is 2. The second-order valence-electron chi connectivity index (χ2n) is 6.41. The van der Waals surface area contributed by atoms with Crippen molar-refractivity contribution < 1.29 is 0 Å². The molecule has 2 N–H and O–H groups in total. The molecule has 4 rings (SSSR count). The molecule has 25 heavy (non-hydrogen) atoms. The van der Waals surface area contributed by atoms with E-state index in [1.807, 2.05) is 35.1 Å². The summed E-state index contributed by atoms with van der Waals surface area (Å²) in [5.74, 6) is 1.57. The number of H-pyrrole nitrogens is 1. The first-order chi connectivity index (χ1) is 12.1. The summed E-state index contributed by atoms with van der Waals surface area (Å²) < 4.78 is 2.00. The molecule has 4 aromatic rings. The minimum Gasteiger partial charge on any atom is -0.354 e. The first kappa shape index (κ1) is 15.4. The smallest absolute Gasteiger partial charge is 0.153 e. The van der Waals surface area contributed by atoms with Gasteiger partial charge >= 0.3 is 0 Å². The van der Waals surface area contributed by atoms with E-state index >= 15 is 0 Å². The minimum atomic E-state index is 0.331. The van der Waals surface area contributed by atoms with Crippen LogP contribution in [-0.2, 0) is 0 Å². The van der Waals surface area contributed by atoms with Crippen LogP contribution in [0.1, 0.15) is 25.6 Å². The third-order valence-corrected chi connectivity index (χ3v) is 4.16. The SMILES string of the molecule is Cc1cc(Nc2cc3[nH]c(-c4ccncc4)cc3cn2)nn1C(C)C. The van der Waals surface area contributed by atoms with Gasteiger partial charge in [0.2, 0.25) is 0 Å². The van der Waals surface area contributed by atoms with E-state index in [4.69, 9.17) is 0 Å². The van der Waals surface area contributed by atoms with E-state index < -0.39 is 0 Å². The van der Waals surface area contributed by atoms with E-state index in [0.29, 0.717) is 6.04 Å². The number of hydrogen-bond acceptors (Lipinski definition) is 4. The van der Waals surface area contributed by atoms with Crippen LogP contribution >= 0.6 is 0 Å². The zero-order valence-corrected chi connectivity index (χ0v) is 14.5. The van der Waals surface area contributed by atoms with E-state index in [9.17, 15) is 0 Å². The first-order valence-corrected chi connectivity index (χ1v) is 8.32. The van der Waals surface area contributed by atoms with Crippen LogP contribution < -0.4 is 5.32 Å². The number of fused-ring (bicyclic) bond motifs is 1. The fraction of sp³-hybridized carbons (Fsp3) is 0.211. The Kier molecular flexibility index (Phi) is 3.72. The van der Waals surface area contributed by atoms with Gasteiger partial charge in [-0.25, -0.2) is 4.98 Å². The normalized spacial score (nSPS) is 11.4. The fourth-order valence-electron chi connectivity index (χ4n) is 2.98. The highest BCUT2D eigenvalue weighted by Gasteiger charge is 2.09. The molecule has 0 unspecified atom stereocenters. The molecule has 0 bridgehead atoms. The quantitative estimate of drug-likeness (QED) is 0.579. The van der Waals surface area contributed by atoms with Crippen molar-refractivity contribution in [3.8, 4) is 11.3 Å². The largest absolute Gasteiger partial charge is 0.354 e. The molecule has 0 atom stereocenters. The maximum absolute atomic E-state index is 4.59. The zero-order valence-electron chi connectivity index (χ0n) is 14.5. The summed E-state index contributed by atoms with van der Waals surface area (Å²) in [7, 11) is 0. The van der Waals surface area contributed by atoms with Crippen LogP contribution in [0.25, 0.3) is 22.2 Å². The van der Waals surface area contributed by atoms with Gasteiger partial charge < -0.3 is 10.3 Å². The maximum Gasteiger partial charge on any atom is 0.153 e. The molecule has 0 fully saturated rings. The predicted molar refractivity (Wildman–Crippen MR) is 100.0 cm³/mol. The topological polar surface area (TPSA) is 71.4 Å². The van der Waals surface area contributed by atoms with Gasteiger partial charge in [0.15, 0.2) is 5.82 Å². The molecule has 0 aliphatic heterocycles. The predicted octanol–water partition coefficient (Wildman–Crippen LogP) is 4.45. The van der Waals surface area contributed by atoms with Gasteiger partial charge in [-0.15, -0.1) is 0 Å². The van der Waals surface area contributed by atoms with Gasteiger partial charge in [-0.05, 0) is 39.0 Å². The minimum absolute atomic E-state index is 0.331. The molecule has 0 saturated heterocycles. The lowest BCUT2D eigenvalue weighted by molar-refractivity contribution is 0.521. The zero-order chi connectivity index (χ0) is 17.4. The van der Waals surface area contributed by atoms with E-state index in [0.717, 1.165) is 39.5 Å². The number of nitrogens with zero attached hydrogens (tertiary/aromatic N) is 4. The summed E-state index contributed by atoms with van der Waals surface area (Å²) in [6, 6.07) is 10.4. The van der Waals surface area contributed by atoms with Crippen molar-refractivity contribution in [2.75, 3.05) is 5.32 Å². The van der Waals surface area contributed by atoms with Crippen molar-refractivity contribution in [1.29, 1.82) is 0 Å². The first-order valence-electron chi connectivity index (χ1n) is 8.32. The number of nitrogens with one attached hydrogen (secondary N) is 2. The molecule has 4 heterocycles. The molecule has 0 aliphatic rings. The molecule has 0 spiro atoms. The molecule has 0 amide bonds. The van der Waals surface area contributed by atoms with Gasteiger partial charge in [-0.3, -0.25) is 9.67 Å². The van der Waals surface area contributed by atoms with Gasteiger partial charge in [0.1, 0.15) is 5.82 Å². The lowest BCUT2D eigenvalue weighted by atomic mass is 10.2. The van der Waals surface area contributed by atoms with Gasteiger partial charge in [-0.2, -0.15) is 5.10 Å². The summed E-state index contributed by atoms with van der Waals surface area (Å²) >= 11 is 0. The van der Waals surface area contributed by atoms with Crippen molar-refractivity contribution >= 4 is 22.5 Å². The van der Waals surface area contributed by atoms with Crippen molar-refractivity contribution in [2.45, 2.75) is 26.8 Å². The molecular formula is C19H20N6.